The Labute approximate surface area is 80.9 Å². The molecule has 0 aromatic heterocycles. The molecule has 0 spiro atoms. The summed E-state index contributed by atoms with van der Waals surface area (Å²) in [6.07, 6.45) is 0. The highest BCUT2D eigenvalue weighted by molar-refractivity contribution is 8.14. The van der Waals surface area contributed by atoms with Gasteiger partial charge in [0.05, 0.1) is 5.04 Å². The van der Waals surface area contributed by atoms with Crippen molar-refractivity contribution in [2.75, 3.05) is 5.75 Å². The molecule has 0 radical (unpaired) electrons. The number of benzene rings is 1. The summed E-state index contributed by atoms with van der Waals surface area (Å²) < 4.78 is 0. The van der Waals surface area contributed by atoms with Crippen LogP contribution in [0.15, 0.2) is 18.2 Å². The predicted molar refractivity (Wildman–Crippen MR) is 54.7 cm³/mol. The minimum atomic E-state index is -0.182. The van der Waals surface area contributed by atoms with Gasteiger partial charge in [0.2, 0.25) is 0 Å². The average molecular weight is 197 g/mol. The van der Waals surface area contributed by atoms with Crippen molar-refractivity contribution in [1.82, 2.24) is 0 Å². The van der Waals surface area contributed by atoms with Crippen LogP contribution in [0.25, 0.3) is 0 Å². The molecular formula is C9H11NO2S. The topological polar surface area (TPSA) is 64.3 Å². The van der Waals surface area contributed by atoms with Gasteiger partial charge >= 0.3 is 0 Å². The van der Waals surface area contributed by atoms with Crippen molar-refractivity contribution in [2.45, 2.75) is 6.92 Å². The minimum Gasteiger partial charge on any atom is -0.504 e. The lowest BCUT2D eigenvalue weighted by molar-refractivity contribution is 0.403. The first-order chi connectivity index (χ1) is 6.15. The smallest absolute Gasteiger partial charge is 0.158 e. The molecule has 0 saturated heterocycles. The lowest BCUT2D eigenvalue weighted by Crippen LogP contribution is -1.92. The van der Waals surface area contributed by atoms with Crippen LogP contribution < -0.4 is 0 Å². The fourth-order valence-electron chi connectivity index (χ4n) is 0.892. The lowest BCUT2D eigenvalue weighted by Gasteiger charge is -2.03. The number of thioether (sulfide) groups is 1. The maximum Gasteiger partial charge on any atom is 0.158 e. The molecule has 0 fully saturated rings. The van der Waals surface area contributed by atoms with Gasteiger partial charge in [-0.2, -0.15) is 0 Å². The molecule has 0 unspecified atom stereocenters. The van der Waals surface area contributed by atoms with E-state index in [9.17, 15) is 0 Å². The first kappa shape index (κ1) is 9.92. The fraction of sp³-hybridized carbons (Fsp3) is 0.222. The number of aromatic hydroxyl groups is 2. The van der Waals surface area contributed by atoms with Crippen LogP contribution >= 0.6 is 11.8 Å². The van der Waals surface area contributed by atoms with Crippen LogP contribution in [0.4, 0.5) is 0 Å². The second-order valence-electron chi connectivity index (χ2n) is 2.47. The van der Waals surface area contributed by atoms with Crippen LogP contribution in [0.2, 0.25) is 0 Å². The molecule has 1 aromatic rings. The van der Waals surface area contributed by atoms with Gasteiger partial charge in [-0.3, -0.25) is 5.41 Å². The molecule has 3 nitrogen and oxygen atoms in total. The van der Waals surface area contributed by atoms with Crippen molar-refractivity contribution in [3.8, 4) is 11.5 Å². The van der Waals surface area contributed by atoms with E-state index >= 15 is 0 Å². The van der Waals surface area contributed by atoms with Gasteiger partial charge < -0.3 is 10.2 Å². The average Bonchev–Trinajstić information content (AvgIpc) is 2.10. The van der Waals surface area contributed by atoms with E-state index in [1.165, 1.54) is 23.9 Å². The Balaban J connectivity index is 2.90. The van der Waals surface area contributed by atoms with Crippen molar-refractivity contribution in [3.05, 3.63) is 23.8 Å². The molecule has 0 heterocycles. The molecule has 3 N–H and O–H groups in total. The summed E-state index contributed by atoms with van der Waals surface area (Å²) in [6, 6.07) is 4.38. The van der Waals surface area contributed by atoms with Crippen molar-refractivity contribution in [1.29, 1.82) is 5.41 Å². The highest BCUT2D eigenvalue weighted by Gasteiger charge is 2.04. The van der Waals surface area contributed by atoms with E-state index in [1.54, 1.807) is 6.07 Å². The van der Waals surface area contributed by atoms with E-state index in [2.05, 4.69) is 0 Å². The summed E-state index contributed by atoms with van der Waals surface area (Å²) in [7, 11) is 0. The number of hydrogen-bond donors (Lipinski definition) is 3. The second-order valence-corrected chi connectivity index (χ2v) is 3.74. The molecule has 4 heteroatoms. The summed E-state index contributed by atoms with van der Waals surface area (Å²) in [6.45, 7) is 1.96. The fourth-order valence-corrected chi connectivity index (χ4v) is 1.47. The number of nitrogens with one attached hydrogen (secondary N) is 1. The van der Waals surface area contributed by atoms with Gasteiger partial charge in [0.25, 0.3) is 0 Å². The van der Waals surface area contributed by atoms with Crippen LogP contribution in [0.5, 0.6) is 11.5 Å². The van der Waals surface area contributed by atoms with Crippen LogP contribution in [0.1, 0.15) is 12.5 Å². The first-order valence-corrected chi connectivity index (χ1v) is 4.87. The number of phenolic OH excluding ortho intramolecular Hbond substituents is 2. The number of rotatable bonds is 2. The molecule has 0 bridgehead atoms. The Morgan fingerprint density at radius 2 is 2.08 bits per heavy atom. The minimum absolute atomic E-state index is 0.155. The molecule has 70 valence electrons. The first-order valence-electron chi connectivity index (χ1n) is 3.89. The molecule has 1 rings (SSSR count). The molecule has 1 aromatic carbocycles. The van der Waals surface area contributed by atoms with E-state index in [0.29, 0.717) is 10.6 Å². The standard InChI is InChI=1S/C9H11NO2S/c1-2-13-9(10)6-3-4-7(11)8(12)5-6/h3-5,10-12H,2H2,1H3. The monoisotopic (exact) mass is 197 g/mol. The van der Waals surface area contributed by atoms with Gasteiger partial charge in [-0.1, -0.05) is 6.92 Å². The summed E-state index contributed by atoms with van der Waals surface area (Å²) in [5.74, 6) is 0.484. The van der Waals surface area contributed by atoms with Gasteiger partial charge in [-0.05, 0) is 24.0 Å². The molecular weight excluding hydrogens is 186 g/mol. The van der Waals surface area contributed by atoms with E-state index in [0.717, 1.165) is 5.75 Å². The highest BCUT2D eigenvalue weighted by atomic mass is 32.2. The predicted octanol–water partition coefficient (Wildman–Crippen LogP) is 2.18. The molecule has 0 saturated carbocycles. The summed E-state index contributed by atoms with van der Waals surface area (Å²) in [5, 5.41) is 26.2. The van der Waals surface area contributed by atoms with Gasteiger partial charge in [0.1, 0.15) is 0 Å². The van der Waals surface area contributed by atoms with Crippen LogP contribution in [0, 0.1) is 5.41 Å². The summed E-state index contributed by atoms with van der Waals surface area (Å²) in [4.78, 5) is 0. The van der Waals surface area contributed by atoms with Gasteiger partial charge in [0, 0.05) is 5.56 Å². The molecule has 0 aliphatic carbocycles. The lowest BCUT2D eigenvalue weighted by atomic mass is 10.2. The van der Waals surface area contributed by atoms with Gasteiger partial charge in [0.15, 0.2) is 11.5 Å². The van der Waals surface area contributed by atoms with Gasteiger partial charge in [-0.15, -0.1) is 11.8 Å². The highest BCUT2D eigenvalue weighted by Crippen LogP contribution is 2.26. The molecule has 0 atom stereocenters. The van der Waals surface area contributed by atoms with Crippen molar-refractivity contribution >= 4 is 16.8 Å². The number of hydrogen-bond acceptors (Lipinski definition) is 4. The van der Waals surface area contributed by atoms with E-state index in [1.807, 2.05) is 6.92 Å². The Hall–Kier alpha value is -1.16. The summed E-state index contributed by atoms with van der Waals surface area (Å²) >= 11 is 1.39. The molecule has 0 amide bonds. The SMILES string of the molecule is CCSC(=N)c1ccc(O)c(O)c1. The largest absolute Gasteiger partial charge is 0.504 e. The van der Waals surface area contributed by atoms with Gasteiger partial charge in [-0.25, -0.2) is 0 Å². The molecule has 0 aliphatic heterocycles. The third-order valence-electron chi connectivity index (χ3n) is 1.53. The molecule has 0 aliphatic rings. The number of phenols is 2. The zero-order valence-electron chi connectivity index (χ0n) is 7.24. The normalized spacial score (nSPS) is 9.92. The van der Waals surface area contributed by atoms with Crippen LogP contribution in [-0.2, 0) is 0 Å². The second kappa shape index (κ2) is 4.18. The third-order valence-corrected chi connectivity index (χ3v) is 2.34. The quantitative estimate of drug-likeness (QED) is 0.387. The Bertz CT molecular complexity index is 325. The third kappa shape index (κ3) is 2.39. The maximum absolute atomic E-state index is 9.16. The molecule has 13 heavy (non-hydrogen) atoms. The maximum atomic E-state index is 9.16. The van der Waals surface area contributed by atoms with E-state index < -0.39 is 0 Å². The van der Waals surface area contributed by atoms with Crippen LogP contribution in [0.3, 0.4) is 0 Å². The Morgan fingerprint density at radius 3 is 2.62 bits per heavy atom. The Morgan fingerprint density at radius 1 is 1.38 bits per heavy atom. The van der Waals surface area contributed by atoms with Crippen molar-refractivity contribution in [2.24, 2.45) is 0 Å². The summed E-state index contributed by atoms with van der Waals surface area (Å²) in [5.41, 5.74) is 0.627. The van der Waals surface area contributed by atoms with E-state index in [-0.39, 0.29) is 11.5 Å². The van der Waals surface area contributed by atoms with Crippen molar-refractivity contribution in [3.63, 3.8) is 0 Å². The van der Waals surface area contributed by atoms with Crippen molar-refractivity contribution < 1.29 is 10.2 Å². The van der Waals surface area contributed by atoms with E-state index in [4.69, 9.17) is 15.6 Å². The zero-order chi connectivity index (χ0) is 9.84. The zero-order valence-corrected chi connectivity index (χ0v) is 8.06. The Kier molecular flexibility index (Phi) is 3.19. The van der Waals surface area contributed by atoms with Crippen LogP contribution in [-0.4, -0.2) is 21.0 Å².